The Morgan fingerprint density at radius 1 is 0.710 bits per heavy atom. The van der Waals surface area contributed by atoms with Gasteiger partial charge in [-0.1, -0.05) is 144 Å². The van der Waals surface area contributed by atoms with E-state index in [1.807, 2.05) is 0 Å². The minimum absolute atomic E-state index is 0.134. The van der Waals surface area contributed by atoms with Crippen molar-refractivity contribution >= 4 is 20.7 Å². The summed E-state index contributed by atoms with van der Waals surface area (Å²) < 4.78 is 0. The smallest absolute Gasteiger partial charge is 0.0517 e. The zero-order valence-electron chi connectivity index (χ0n) is 22.6. The second kappa shape index (κ2) is 12.9. The van der Waals surface area contributed by atoms with Crippen molar-refractivity contribution in [3.8, 4) is 0 Å². The van der Waals surface area contributed by atoms with Gasteiger partial charge in [0, 0.05) is 4.90 Å². The fraction of sp³-hybridized carbons (Fsp3) is 0.793. The number of unbranched alkanes of at least 4 members (excludes halogenated alkanes) is 9. The van der Waals surface area contributed by atoms with Gasteiger partial charge in [-0.2, -0.15) is 0 Å². The summed E-state index contributed by atoms with van der Waals surface area (Å²) in [5.74, 6) is 0. The fourth-order valence-electron chi connectivity index (χ4n) is 4.92. The van der Waals surface area contributed by atoms with E-state index < -0.39 is 8.07 Å². The van der Waals surface area contributed by atoms with Crippen LogP contribution in [-0.4, -0.2) is 8.07 Å². The first kappa shape index (κ1) is 28.8. The molecule has 1 rings (SSSR count). The number of hydrogen-bond donors (Lipinski definition) is 1. The molecule has 0 aliphatic heterocycles. The molecule has 1 aromatic carbocycles. The van der Waals surface area contributed by atoms with E-state index in [9.17, 15) is 0 Å². The molecule has 0 saturated heterocycles. The van der Waals surface area contributed by atoms with E-state index in [0.717, 1.165) is 0 Å². The maximum absolute atomic E-state index is 5.08. The molecule has 0 aliphatic rings. The average Bonchev–Trinajstić information content (AvgIpc) is 2.60. The molecule has 0 radical (unpaired) electrons. The Bertz CT molecular complexity index is 646. The van der Waals surface area contributed by atoms with Crippen LogP contribution in [0.2, 0.25) is 19.1 Å². The lowest BCUT2D eigenvalue weighted by atomic mass is 9.78. The zero-order valence-corrected chi connectivity index (χ0v) is 24.5. The van der Waals surface area contributed by atoms with Crippen LogP contribution in [0.15, 0.2) is 17.0 Å². The number of thiol groups is 1. The van der Waals surface area contributed by atoms with Crippen LogP contribution < -0.4 is 0 Å². The lowest BCUT2D eigenvalue weighted by molar-refractivity contribution is 0.543. The SMILES string of the molecule is CCCCCCCCCCCC[Si](C)(C)Cc1ccc(C(C)(C)C)c(S)c1C(C)(C)C. The predicted molar refractivity (Wildman–Crippen MR) is 149 cm³/mol. The second-order valence-electron chi connectivity index (χ2n) is 12.8. The van der Waals surface area contributed by atoms with E-state index >= 15 is 0 Å². The predicted octanol–water partition coefficient (Wildman–Crippen LogP) is 10.3. The van der Waals surface area contributed by atoms with Crippen LogP contribution in [0, 0.1) is 0 Å². The van der Waals surface area contributed by atoms with Gasteiger partial charge in [0.2, 0.25) is 0 Å². The Labute approximate surface area is 202 Å². The summed E-state index contributed by atoms with van der Waals surface area (Å²) in [6, 6.07) is 7.54. The molecule has 0 atom stereocenters. The molecule has 0 unspecified atom stereocenters. The Morgan fingerprint density at radius 2 is 1.19 bits per heavy atom. The molecule has 0 N–H and O–H groups in total. The summed E-state index contributed by atoms with van der Waals surface area (Å²) in [5, 5.41) is 0. The van der Waals surface area contributed by atoms with Crippen molar-refractivity contribution < 1.29 is 0 Å². The second-order valence-corrected chi connectivity index (χ2v) is 18.4. The van der Waals surface area contributed by atoms with Crippen molar-refractivity contribution in [3.05, 3.63) is 28.8 Å². The van der Waals surface area contributed by atoms with Crippen LogP contribution >= 0.6 is 12.6 Å². The molecule has 1 aromatic rings. The molecular weight excluding hydrogens is 408 g/mol. The minimum Gasteiger partial charge on any atom is -0.143 e. The molecule has 0 aliphatic carbocycles. The molecule has 0 aromatic heterocycles. The molecule has 0 saturated carbocycles. The summed E-state index contributed by atoms with van der Waals surface area (Å²) >= 11 is 5.08. The van der Waals surface area contributed by atoms with Crippen molar-refractivity contribution in [1.29, 1.82) is 0 Å². The van der Waals surface area contributed by atoms with Gasteiger partial charge in [-0.15, -0.1) is 12.6 Å². The molecule has 0 amide bonds. The van der Waals surface area contributed by atoms with Crippen molar-refractivity contribution in [1.82, 2.24) is 0 Å². The van der Waals surface area contributed by atoms with E-state index in [0.29, 0.717) is 0 Å². The first-order valence-corrected chi connectivity index (χ1v) is 17.0. The Balaban J connectivity index is 2.63. The lowest BCUT2D eigenvalue weighted by Crippen LogP contribution is -2.31. The topological polar surface area (TPSA) is 0 Å². The Kier molecular flexibility index (Phi) is 12.0. The summed E-state index contributed by atoms with van der Waals surface area (Å²) in [6.07, 6.45) is 14.3. The molecule has 0 spiro atoms. The first-order chi connectivity index (χ1) is 14.3. The van der Waals surface area contributed by atoms with E-state index in [1.165, 1.54) is 92.3 Å². The average molecular weight is 463 g/mol. The van der Waals surface area contributed by atoms with E-state index in [4.69, 9.17) is 12.6 Å². The maximum Gasteiger partial charge on any atom is 0.0517 e. The van der Waals surface area contributed by atoms with Gasteiger partial charge in [0.25, 0.3) is 0 Å². The Morgan fingerprint density at radius 3 is 1.65 bits per heavy atom. The number of hydrogen-bond acceptors (Lipinski definition) is 1. The quantitative estimate of drug-likeness (QED) is 0.168. The molecule has 180 valence electrons. The summed E-state index contributed by atoms with van der Waals surface area (Å²) in [4.78, 5) is 1.24. The van der Waals surface area contributed by atoms with Gasteiger partial charge in [0.15, 0.2) is 0 Å². The van der Waals surface area contributed by atoms with Gasteiger partial charge < -0.3 is 0 Å². The minimum atomic E-state index is -1.26. The van der Waals surface area contributed by atoms with Gasteiger partial charge in [0.1, 0.15) is 0 Å². The van der Waals surface area contributed by atoms with Crippen LogP contribution in [0.25, 0.3) is 0 Å². The van der Waals surface area contributed by atoms with Crippen molar-refractivity contribution in [2.24, 2.45) is 0 Å². The highest BCUT2D eigenvalue weighted by atomic mass is 32.1. The van der Waals surface area contributed by atoms with Crippen LogP contribution in [0.4, 0.5) is 0 Å². The number of benzene rings is 1. The highest BCUT2D eigenvalue weighted by Gasteiger charge is 2.29. The van der Waals surface area contributed by atoms with Crippen LogP contribution in [0.3, 0.4) is 0 Å². The highest BCUT2D eigenvalue weighted by Crippen LogP contribution is 2.39. The molecule has 0 nitrogen and oxygen atoms in total. The normalized spacial score (nSPS) is 13.1. The monoisotopic (exact) mass is 462 g/mol. The van der Waals surface area contributed by atoms with Gasteiger partial charge in [-0.25, -0.2) is 0 Å². The van der Waals surface area contributed by atoms with Crippen molar-refractivity contribution in [2.75, 3.05) is 0 Å². The first-order valence-electron chi connectivity index (χ1n) is 13.2. The van der Waals surface area contributed by atoms with Crippen LogP contribution in [0.5, 0.6) is 0 Å². The van der Waals surface area contributed by atoms with Crippen molar-refractivity contribution in [3.63, 3.8) is 0 Å². The molecule has 31 heavy (non-hydrogen) atoms. The highest BCUT2D eigenvalue weighted by molar-refractivity contribution is 7.80. The zero-order chi connectivity index (χ0) is 23.7. The Hall–Kier alpha value is -0.213. The third-order valence-electron chi connectivity index (χ3n) is 6.70. The third kappa shape index (κ3) is 10.5. The van der Waals surface area contributed by atoms with E-state index in [2.05, 4.69) is 73.7 Å². The molecule has 0 bridgehead atoms. The van der Waals surface area contributed by atoms with Gasteiger partial charge in [-0.3, -0.25) is 0 Å². The maximum atomic E-state index is 5.08. The van der Waals surface area contributed by atoms with Crippen molar-refractivity contribution in [2.45, 2.75) is 154 Å². The largest absolute Gasteiger partial charge is 0.143 e. The summed E-state index contributed by atoms with van der Waals surface area (Å²) in [7, 11) is -1.26. The van der Waals surface area contributed by atoms with Crippen LogP contribution in [0.1, 0.15) is 129 Å². The van der Waals surface area contributed by atoms with Gasteiger partial charge in [-0.05, 0) is 33.6 Å². The number of rotatable bonds is 13. The summed E-state index contributed by atoms with van der Waals surface area (Å²) in [6.45, 7) is 21.5. The third-order valence-corrected chi connectivity index (χ3v) is 10.2. The van der Waals surface area contributed by atoms with E-state index in [1.54, 1.807) is 5.56 Å². The standard InChI is InChI=1S/C29H54SSi/c1-10-11-12-13-14-15-16-17-18-19-22-31(8,9)23-24-20-21-25(28(2,3)4)27(30)26(24)29(5,6)7/h20-21,30H,10-19,22-23H2,1-9H3. The fourth-order valence-corrected chi connectivity index (χ4v) is 8.52. The molecule has 0 fully saturated rings. The molecule has 0 heterocycles. The molecule has 2 heteroatoms. The molecular formula is C29H54SSi. The van der Waals surface area contributed by atoms with Gasteiger partial charge in [0.05, 0.1) is 8.07 Å². The van der Waals surface area contributed by atoms with Crippen LogP contribution in [-0.2, 0) is 16.9 Å². The van der Waals surface area contributed by atoms with E-state index in [-0.39, 0.29) is 10.8 Å². The lowest BCUT2D eigenvalue weighted by Gasteiger charge is -2.33. The summed E-state index contributed by atoms with van der Waals surface area (Å²) in [5.41, 5.74) is 4.72. The van der Waals surface area contributed by atoms with Gasteiger partial charge >= 0.3 is 0 Å².